The van der Waals surface area contributed by atoms with E-state index in [0.29, 0.717) is 17.4 Å². The first-order chi connectivity index (χ1) is 17.9. The number of rotatable bonds is 8. The number of nitrogens with one attached hydrogen (secondary N) is 1. The number of amides is 1. The first-order valence-electron chi connectivity index (χ1n) is 11.6. The normalized spacial score (nSPS) is 12.8. The van der Waals surface area contributed by atoms with E-state index < -0.39 is 18.1 Å². The lowest BCUT2D eigenvalue weighted by Crippen LogP contribution is -2.39. The Morgan fingerprint density at radius 1 is 1.05 bits per heavy atom. The topological polar surface area (TPSA) is 104 Å². The van der Waals surface area contributed by atoms with Crippen molar-refractivity contribution in [3.05, 3.63) is 96.1 Å². The van der Waals surface area contributed by atoms with E-state index in [9.17, 15) is 9.18 Å². The van der Waals surface area contributed by atoms with Gasteiger partial charge in [-0.25, -0.2) is 9.07 Å². The highest BCUT2D eigenvalue weighted by Gasteiger charge is 2.26. The lowest BCUT2D eigenvalue weighted by molar-refractivity contribution is 0.0846. The lowest BCUT2D eigenvalue weighted by Gasteiger charge is -2.26. The SMILES string of the molecule is COc1cccc([C@H](Oc2ccc3c(cnn3-c3ccc(F)cc3)c2)[C@H](C)NC(=O)c2nnc(C)o2)c1. The minimum absolute atomic E-state index is 0.122. The minimum Gasteiger partial charge on any atom is -0.497 e. The summed E-state index contributed by atoms with van der Waals surface area (Å²) in [5, 5.41) is 15.7. The molecular weight excluding hydrogens is 477 g/mol. The van der Waals surface area contributed by atoms with Crippen molar-refractivity contribution in [1.82, 2.24) is 25.3 Å². The molecule has 2 atom stereocenters. The number of benzene rings is 3. The first-order valence-corrected chi connectivity index (χ1v) is 11.6. The standard InChI is InChI=1S/C27H24FN5O4/c1-16(30-26(34)27-32-31-17(2)36-27)25(18-5-4-6-22(13-18)35-3)37-23-11-12-24-19(14-23)15-29-33(24)21-9-7-20(28)8-10-21/h4-16,25H,1-3H3,(H,30,34)/t16-,25+/m0/s1. The quantitative estimate of drug-likeness (QED) is 0.326. The van der Waals surface area contributed by atoms with Crippen LogP contribution < -0.4 is 14.8 Å². The summed E-state index contributed by atoms with van der Waals surface area (Å²) in [6.45, 7) is 3.44. The van der Waals surface area contributed by atoms with Crippen molar-refractivity contribution in [3.63, 3.8) is 0 Å². The summed E-state index contributed by atoms with van der Waals surface area (Å²) in [7, 11) is 1.59. The van der Waals surface area contributed by atoms with E-state index in [-0.39, 0.29) is 11.7 Å². The molecule has 9 nitrogen and oxygen atoms in total. The van der Waals surface area contributed by atoms with Crippen molar-refractivity contribution in [2.45, 2.75) is 26.0 Å². The summed E-state index contributed by atoms with van der Waals surface area (Å²) in [5.41, 5.74) is 2.38. The molecule has 0 radical (unpaired) electrons. The van der Waals surface area contributed by atoms with E-state index in [2.05, 4.69) is 20.6 Å². The highest BCUT2D eigenvalue weighted by atomic mass is 19.1. The fraction of sp³-hybridized carbons (Fsp3) is 0.185. The zero-order valence-electron chi connectivity index (χ0n) is 20.4. The Hall–Kier alpha value is -4.73. The van der Waals surface area contributed by atoms with Gasteiger partial charge in [0.2, 0.25) is 5.89 Å². The number of carbonyl (C=O) groups is 1. The van der Waals surface area contributed by atoms with Crippen LogP contribution in [0.25, 0.3) is 16.6 Å². The molecule has 1 N–H and O–H groups in total. The van der Waals surface area contributed by atoms with E-state index in [1.807, 2.05) is 49.4 Å². The number of carbonyl (C=O) groups excluding carboxylic acids is 1. The molecule has 0 spiro atoms. The minimum atomic E-state index is -0.576. The van der Waals surface area contributed by atoms with Gasteiger partial charge in [0.1, 0.15) is 23.4 Å². The zero-order valence-corrected chi connectivity index (χ0v) is 20.4. The van der Waals surface area contributed by atoms with E-state index in [0.717, 1.165) is 22.2 Å². The van der Waals surface area contributed by atoms with Crippen LogP contribution in [0.5, 0.6) is 11.5 Å². The molecule has 188 valence electrons. The van der Waals surface area contributed by atoms with Gasteiger partial charge in [-0.05, 0) is 67.1 Å². The number of nitrogens with zero attached hydrogens (tertiary/aromatic N) is 4. The van der Waals surface area contributed by atoms with Crippen LogP contribution in [-0.4, -0.2) is 39.0 Å². The fourth-order valence-electron chi connectivity index (χ4n) is 4.03. The third kappa shape index (κ3) is 5.13. The Balaban J connectivity index is 1.44. The Morgan fingerprint density at radius 3 is 2.59 bits per heavy atom. The van der Waals surface area contributed by atoms with Crippen LogP contribution in [0.2, 0.25) is 0 Å². The van der Waals surface area contributed by atoms with Gasteiger partial charge in [0.25, 0.3) is 0 Å². The summed E-state index contributed by atoms with van der Waals surface area (Å²) in [6.07, 6.45) is 1.14. The molecule has 0 bridgehead atoms. The average molecular weight is 502 g/mol. The van der Waals surface area contributed by atoms with E-state index in [1.165, 1.54) is 12.1 Å². The van der Waals surface area contributed by atoms with Gasteiger partial charge in [0.15, 0.2) is 0 Å². The number of ether oxygens (including phenoxy) is 2. The molecule has 0 unspecified atom stereocenters. The van der Waals surface area contributed by atoms with Crippen molar-refractivity contribution < 1.29 is 23.1 Å². The smallest absolute Gasteiger partial charge is 0.309 e. The monoisotopic (exact) mass is 501 g/mol. The molecule has 0 aliphatic heterocycles. The maximum Gasteiger partial charge on any atom is 0.309 e. The predicted molar refractivity (Wildman–Crippen MR) is 133 cm³/mol. The van der Waals surface area contributed by atoms with Gasteiger partial charge in [0, 0.05) is 12.3 Å². The number of methoxy groups -OCH3 is 1. The molecule has 0 aliphatic rings. The highest BCUT2D eigenvalue weighted by molar-refractivity contribution is 5.89. The van der Waals surface area contributed by atoms with Gasteiger partial charge in [-0.2, -0.15) is 5.10 Å². The number of aromatic nitrogens is 4. The largest absolute Gasteiger partial charge is 0.497 e. The van der Waals surface area contributed by atoms with Crippen molar-refractivity contribution >= 4 is 16.8 Å². The van der Waals surface area contributed by atoms with Gasteiger partial charge < -0.3 is 19.2 Å². The van der Waals surface area contributed by atoms with E-state index in [4.69, 9.17) is 13.9 Å². The molecule has 5 aromatic rings. The Bertz CT molecular complexity index is 1550. The fourth-order valence-corrected chi connectivity index (χ4v) is 4.03. The molecule has 5 rings (SSSR count). The molecule has 0 saturated heterocycles. The molecule has 0 fully saturated rings. The number of halogens is 1. The number of aryl methyl sites for hydroxylation is 1. The summed E-state index contributed by atoms with van der Waals surface area (Å²) in [6, 6.07) is 18.7. The molecule has 2 aromatic heterocycles. The Labute approximate surface area is 211 Å². The van der Waals surface area contributed by atoms with Gasteiger partial charge in [0.05, 0.1) is 30.6 Å². The molecule has 1 amide bonds. The predicted octanol–water partition coefficient (Wildman–Crippen LogP) is 4.80. The van der Waals surface area contributed by atoms with Crippen LogP contribution >= 0.6 is 0 Å². The molecule has 37 heavy (non-hydrogen) atoms. The highest BCUT2D eigenvalue weighted by Crippen LogP contribution is 2.30. The van der Waals surface area contributed by atoms with Crippen LogP contribution in [0.3, 0.4) is 0 Å². The van der Waals surface area contributed by atoms with Crippen LogP contribution in [0.15, 0.2) is 77.3 Å². The molecule has 3 aromatic carbocycles. The number of hydrogen-bond donors (Lipinski definition) is 1. The first kappa shape index (κ1) is 24.0. The van der Waals surface area contributed by atoms with Crippen LogP contribution in [0.4, 0.5) is 4.39 Å². The van der Waals surface area contributed by atoms with Gasteiger partial charge in [-0.3, -0.25) is 4.79 Å². The summed E-state index contributed by atoms with van der Waals surface area (Å²) >= 11 is 0. The van der Waals surface area contributed by atoms with Crippen molar-refractivity contribution in [2.24, 2.45) is 0 Å². The molecular formula is C27H24FN5O4. The summed E-state index contributed by atoms with van der Waals surface area (Å²) in [5.74, 6) is 0.605. The second kappa shape index (κ2) is 10.1. The maximum absolute atomic E-state index is 13.4. The zero-order chi connectivity index (χ0) is 25.9. The molecule has 0 aliphatic carbocycles. The van der Waals surface area contributed by atoms with Crippen LogP contribution in [0.1, 0.15) is 35.2 Å². The third-order valence-electron chi connectivity index (χ3n) is 5.83. The second-order valence-electron chi connectivity index (χ2n) is 8.46. The number of fused-ring (bicyclic) bond motifs is 1. The van der Waals surface area contributed by atoms with E-state index >= 15 is 0 Å². The van der Waals surface area contributed by atoms with Gasteiger partial charge >= 0.3 is 11.8 Å². The Kier molecular flexibility index (Phi) is 6.55. The van der Waals surface area contributed by atoms with Crippen molar-refractivity contribution in [3.8, 4) is 17.2 Å². The van der Waals surface area contributed by atoms with Crippen molar-refractivity contribution in [2.75, 3.05) is 7.11 Å². The van der Waals surface area contributed by atoms with Gasteiger partial charge in [-0.15, -0.1) is 10.2 Å². The third-order valence-corrected chi connectivity index (χ3v) is 5.83. The maximum atomic E-state index is 13.4. The van der Waals surface area contributed by atoms with Crippen LogP contribution in [-0.2, 0) is 0 Å². The van der Waals surface area contributed by atoms with Crippen molar-refractivity contribution in [1.29, 1.82) is 0 Å². The average Bonchev–Trinajstić information content (AvgIpc) is 3.54. The second-order valence-corrected chi connectivity index (χ2v) is 8.46. The van der Waals surface area contributed by atoms with Gasteiger partial charge in [-0.1, -0.05) is 12.1 Å². The van der Waals surface area contributed by atoms with E-state index in [1.54, 1.807) is 37.0 Å². The summed E-state index contributed by atoms with van der Waals surface area (Å²) < 4.78 is 32.1. The molecule has 2 heterocycles. The lowest BCUT2D eigenvalue weighted by atomic mass is 10.0. The molecule has 10 heteroatoms. The molecule has 0 saturated carbocycles. The number of hydrogen-bond acceptors (Lipinski definition) is 7. The summed E-state index contributed by atoms with van der Waals surface area (Å²) in [4.78, 5) is 12.7. The Morgan fingerprint density at radius 2 is 1.86 bits per heavy atom. The van der Waals surface area contributed by atoms with Crippen LogP contribution in [0, 0.1) is 12.7 Å².